The lowest BCUT2D eigenvalue weighted by atomic mass is 10.2. The van der Waals surface area contributed by atoms with Crippen LogP contribution in [0.1, 0.15) is 0 Å². The Morgan fingerprint density at radius 1 is 1.12 bits per heavy atom. The number of benzene rings is 1. The summed E-state index contributed by atoms with van der Waals surface area (Å²) in [4.78, 5) is 22.3. The van der Waals surface area contributed by atoms with Gasteiger partial charge < -0.3 is 15.2 Å². The Hall–Kier alpha value is -3.31. The van der Waals surface area contributed by atoms with Gasteiger partial charge in [0.05, 0.1) is 27.6 Å². The van der Waals surface area contributed by atoms with Crippen molar-refractivity contribution in [1.82, 2.24) is 24.9 Å². The van der Waals surface area contributed by atoms with Gasteiger partial charge in [0, 0.05) is 25.4 Å². The van der Waals surface area contributed by atoms with Crippen LogP contribution in [0.25, 0.3) is 22.4 Å². The third-order valence-corrected chi connectivity index (χ3v) is 7.09. The van der Waals surface area contributed by atoms with E-state index < -0.39 is 15.7 Å². The van der Waals surface area contributed by atoms with Crippen LogP contribution in [0.3, 0.4) is 0 Å². The molecule has 0 bridgehead atoms. The van der Waals surface area contributed by atoms with E-state index >= 15 is 0 Å². The van der Waals surface area contributed by atoms with Crippen LogP contribution in [0.4, 0.5) is 21.8 Å². The van der Waals surface area contributed by atoms with Crippen molar-refractivity contribution in [1.29, 1.82) is 0 Å². The SMILES string of the molecule is O=S1(=O)CCN(c2cc(Nc3nccc4[nH]c(-c5c(F)cccc5Cl)nc34)ncn2)CC1. The number of H-pyrrole nitrogens is 1. The molecule has 0 radical (unpaired) electrons. The van der Waals surface area contributed by atoms with Crippen LogP contribution in [0.15, 0.2) is 42.9 Å². The molecule has 0 atom stereocenters. The minimum Gasteiger partial charge on any atom is -0.354 e. The maximum atomic E-state index is 14.3. The normalized spacial score (nSPS) is 15.8. The van der Waals surface area contributed by atoms with Gasteiger partial charge in [-0.05, 0) is 18.2 Å². The molecular formula is C20H17ClFN7O2S. The van der Waals surface area contributed by atoms with Gasteiger partial charge in [0.15, 0.2) is 15.7 Å². The molecule has 5 rings (SSSR count). The first-order valence-corrected chi connectivity index (χ1v) is 11.9. The standard InChI is InChI=1S/C20H17ClFN7O2S/c21-12-2-1-3-13(22)17(12)19-26-14-4-5-23-20(18(14)28-19)27-15-10-16(25-11-24-15)29-6-8-32(30,31)9-7-29/h1-5,10-11H,6-9H2,(H,26,28)(H,23,24,25,27). The molecule has 0 amide bonds. The van der Waals surface area contributed by atoms with Crippen LogP contribution in [0.2, 0.25) is 5.02 Å². The zero-order chi connectivity index (χ0) is 22.3. The molecule has 32 heavy (non-hydrogen) atoms. The Kier molecular flexibility index (Phi) is 5.14. The lowest BCUT2D eigenvalue weighted by molar-refractivity contribution is 0.586. The average molecular weight is 474 g/mol. The molecule has 0 spiro atoms. The third kappa shape index (κ3) is 3.96. The largest absolute Gasteiger partial charge is 0.354 e. The number of nitrogens with zero attached hydrogens (tertiary/aromatic N) is 5. The maximum absolute atomic E-state index is 14.3. The number of sulfone groups is 1. The lowest BCUT2D eigenvalue weighted by Crippen LogP contribution is -2.40. The molecule has 1 saturated heterocycles. The molecule has 4 heterocycles. The predicted octanol–water partition coefficient (Wildman–Crippen LogP) is 3.19. The molecule has 1 aliphatic heterocycles. The highest BCUT2D eigenvalue weighted by Crippen LogP contribution is 2.32. The zero-order valence-electron chi connectivity index (χ0n) is 16.6. The fraction of sp³-hybridized carbons (Fsp3) is 0.200. The van der Waals surface area contributed by atoms with E-state index in [0.29, 0.717) is 41.6 Å². The van der Waals surface area contributed by atoms with Gasteiger partial charge >= 0.3 is 0 Å². The maximum Gasteiger partial charge on any atom is 0.159 e. The fourth-order valence-corrected chi connectivity index (χ4v) is 4.97. The zero-order valence-corrected chi connectivity index (χ0v) is 18.2. The van der Waals surface area contributed by atoms with Crippen molar-refractivity contribution >= 4 is 49.9 Å². The molecule has 1 fully saturated rings. The number of fused-ring (bicyclic) bond motifs is 1. The monoisotopic (exact) mass is 473 g/mol. The van der Waals surface area contributed by atoms with Crippen LogP contribution in [0, 0.1) is 5.82 Å². The van der Waals surface area contributed by atoms with E-state index in [1.54, 1.807) is 24.4 Å². The lowest BCUT2D eigenvalue weighted by Gasteiger charge is -2.27. The molecule has 0 aliphatic carbocycles. The number of hydrogen-bond acceptors (Lipinski definition) is 8. The van der Waals surface area contributed by atoms with Crippen LogP contribution >= 0.6 is 11.6 Å². The van der Waals surface area contributed by atoms with Gasteiger partial charge in [-0.15, -0.1) is 0 Å². The van der Waals surface area contributed by atoms with Gasteiger partial charge in [-0.3, -0.25) is 0 Å². The van der Waals surface area contributed by atoms with Gasteiger partial charge in [0.2, 0.25) is 0 Å². The Labute approximate surface area is 187 Å². The number of imidazole rings is 1. The summed E-state index contributed by atoms with van der Waals surface area (Å²) in [5.41, 5.74) is 1.32. The highest BCUT2D eigenvalue weighted by atomic mass is 35.5. The van der Waals surface area contributed by atoms with E-state index in [1.165, 1.54) is 18.5 Å². The van der Waals surface area contributed by atoms with Crippen LogP contribution in [0.5, 0.6) is 0 Å². The number of rotatable bonds is 4. The summed E-state index contributed by atoms with van der Waals surface area (Å²) in [6.07, 6.45) is 2.99. The number of anilines is 3. The molecule has 3 aromatic heterocycles. The van der Waals surface area contributed by atoms with Crippen LogP contribution in [-0.2, 0) is 9.84 Å². The number of aromatic amines is 1. The highest BCUT2D eigenvalue weighted by Gasteiger charge is 2.23. The Morgan fingerprint density at radius 2 is 1.94 bits per heavy atom. The smallest absolute Gasteiger partial charge is 0.159 e. The van der Waals surface area contributed by atoms with Crippen LogP contribution in [-0.4, -0.2) is 57.9 Å². The number of aromatic nitrogens is 5. The summed E-state index contributed by atoms with van der Waals surface area (Å²) in [7, 11) is -2.99. The van der Waals surface area contributed by atoms with Gasteiger partial charge in [-0.25, -0.2) is 32.7 Å². The van der Waals surface area contributed by atoms with Crippen molar-refractivity contribution in [3.63, 3.8) is 0 Å². The minimum atomic E-state index is -2.99. The predicted molar refractivity (Wildman–Crippen MR) is 120 cm³/mol. The second kappa shape index (κ2) is 7.99. The summed E-state index contributed by atoms with van der Waals surface area (Å²) in [6.45, 7) is 0.748. The van der Waals surface area contributed by atoms with Gasteiger partial charge in [0.25, 0.3) is 0 Å². The average Bonchev–Trinajstić information content (AvgIpc) is 3.19. The number of pyridine rings is 1. The highest BCUT2D eigenvalue weighted by molar-refractivity contribution is 7.91. The van der Waals surface area contributed by atoms with Crippen molar-refractivity contribution < 1.29 is 12.8 Å². The molecule has 4 aromatic rings. The Bertz CT molecular complexity index is 1390. The molecule has 1 aromatic carbocycles. The van der Waals surface area contributed by atoms with Crippen molar-refractivity contribution in [2.45, 2.75) is 0 Å². The summed E-state index contributed by atoms with van der Waals surface area (Å²) < 4.78 is 37.7. The molecule has 12 heteroatoms. The third-order valence-electron chi connectivity index (χ3n) is 5.17. The van der Waals surface area contributed by atoms with E-state index in [-0.39, 0.29) is 27.9 Å². The summed E-state index contributed by atoms with van der Waals surface area (Å²) >= 11 is 6.18. The summed E-state index contributed by atoms with van der Waals surface area (Å²) in [6, 6.07) is 7.90. The first-order valence-electron chi connectivity index (χ1n) is 9.73. The van der Waals surface area contributed by atoms with E-state index in [4.69, 9.17) is 11.6 Å². The fourth-order valence-electron chi connectivity index (χ4n) is 3.52. The molecule has 0 unspecified atom stereocenters. The molecule has 2 N–H and O–H groups in total. The van der Waals surface area contributed by atoms with Gasteiger partial charge in [-0.1, -0.05) is 17.7 Å². The van der Waals surface area contributed by atoms with Gasteiger partial charge in [-0.2, -0.15) is 0 Å². The quantitative estimate of drug-likeness (QED) is 0.464. The van der Waals surface area contributed by atoms with E-state index in [1.807, 2.05) is 4.90 Å². The molecule has 9 nitrogen and oxygen atoms in total. The van der Waals surface area contributed by atoms with Crippen molar-refractivity contribution in [2.24, 2.45) is 0 Å². The van der Waals surface area contributed by atoms with Gasteiger partial charge in [0.1, 0.15) is 35.1 Å². The summed E-state index contributed by atoms with van der Waals surface area (Å²) in [5.74, 6) is 1.50. The molecular weight excluding hydrogens is 457 g/mol. The minimum absolute atomic E-state index is 0.0925. The van der Waals surface area contributed by atoms with Crippen molar-refractivity contribution in [2.75, 3.05) is 34.8 Å². The Balaban J connectivity index is 1.46. The molecule has 0 saturated carbocycles. The van der Waals surface area contributed by atoms with Crippen molar-refractivity contribution in [3.8, 4) is 11.4 Å². The first kappa shape index (κ1) is 20.6. The second-order valence-corrected chi connectivity index (χ2v) is 9.97. The van der Waals surface area contributed by atoms with E-state index in [0.717, 1.165) is 0 Å². The number of nitrogens with one attached hydrogen (secondary N) is 2. The summed E-state index contributed by atoms with van der Waals surface area (Å²) in [5, 5.41) is 3.37. The van der Waals surface area contributed by atoms with E-state index in [2.05, 4.69) is 30.2 Å². The molecule has 164 valence electrons. The Morgan fingerprint density at radius 3 is 2.72 bits per heavy atom. The van der Waals surface area contributed by atoms with Crippen LogP contribution < -0.4 is 10.2 Å². The first-order chi connectivity index (χ1) is 15.4. The van der Waals surface area contributed by atoms with Crippen molar-refractivity contribution in [3.05, 3.63) is 53.7 Å². The second-order valence-electron chi connectivity index (χ2n) is 7.26. The van der Waals surface area contributed by atoms with E-state index in [9.17, 15) is 12.8 Å². The molecule has 1 aliphatic rings. The number of halogens is 2. The topological polar surface area (TPSA) is 117 Å². The number of hydrogen-bond donors (Lipinski definition) is 2.